The molecule has 0 bridgehead atoms. The zero-order valence-corrected chi connectivity index (χ0v) is 15.9. The zero-order valence-electron chi connectivity index (χ0n) is 15.1. The molecule has 0 saturated heterocycles. The molecule has 2 rings (SSSR count). The molecule has 1 aliphatic heterocycles. The number of carbonyl (C=O) groups excluding carboxylic acids is 3. The van der Waals surface area contributed by atoms with E-state index >= 15 is 0 Å². The van der Waals surface area contributed by atoms with E-state index in [2.05, 4.69) is 5.32 Å². The maximum Gasteiger partial charge on any atom is 0.262 e. The van der Waals surface area contributed by atoms with Gasteiger partial charge in [-0.3, -0.25) is 19.3 Å². The first-order chi connectivity index (χ1) is 11.2. The Bertz CT molecular complexity index is 690. The highest BCUT2D eigenvalue weighted by Crippen LogP contribution is 2.24. The van der Waals surface area contributed by atoms with Crippen LogP contribution in [-0.2, 0) is 4.79 Å². The molecular weight excluding hydrogens is 342 g/mol. The number of nitrogens with zero attached hydrogens (tertiary/aromatic N) is 1. The van der Waals surface area contributed by atoms with E-state index < -0.39 is 17.4 Å². The number of halogens is 1. The van der Waals surface area contributed by atoms with Crippen molar-refractivity contribution in [1.82, 2.24) is 10.2 Å². The van der Waals surface area contributed by atoms with Crippen LogP contribution in [0.1, 0.15) is 53.5 Å². The van der Waals surface area contributed by atoms with Crippen molar-refractivity contribution in [3.05, 3.63) is 34.9 Å². The maximum atomic E-state index is 12.4. The molecule has 0 aromatic heterocycles. The number of hydrogen-bond acceptors (Lipinski definition) is 4. The van der Waals surface area contributed by atoms with E-state index in [-0.39, 0.29) is 31.4 Å². The Labute approximate surface area is 154 Å². The molecule has 3 N–H and O–H groups in total. The van der Waals surface area contributed by atoms with E-state index in [9.17, 15) is 14.4 Å². The van der Waals surface area contributed by atoms with Gasteiger partial charge in [0.1, 0.15) is 6.54 Å². The minimum atomic E-state index is -0.555. The minimum Gasteiger partial charge on any atom is -0.348 e. The lowest BCUT2D eigenvalue weighted by atomic mass is 9.90. The van der Waals surface area contributed by atoms with Gasteiger partial charge in [-0.25, -0.2) is 0 Å². The van der Waals surface area contributed by atoms with Crippen molar-refractivity contribution in [3.63, 3.8) is 0 Å². The summed E-state index contributed by atoms with van der Waals surface area (Å²) in [4.78, 5) is 38.1. The highest BCUT2D eigenvalue weighted by Gasteiger charge is 2.37. The van der Waals surface area contributed by atoms with Crippen molar-refractivity contribution >= 4 is 30.1 Å². The van der Waals surface area contributed by atoms with Crippen LogP contribution >= 0.6 is 12.4 Å². The standard InChI is InChI=1S/C18H25N3O3.ClH/c1-11(2)8-18(4,10-19)20-15(22)9-21-16(23)13-6-5-12(3)7-14(13)17(21)24;/h5-7,11H,8-10,19H2,1-4H3,(H,20,22);1H. The number of imide groups is 1. The van der Waals surface area contributed by atoms with Crippen LogP contribution < -0.4 is 11.1 Å². The summed E-state index contributed by atoms with van der Waals surface area (Å²) in [5, 5.41) is 2.87. The first kappa shape index (κ1) is 21.1. The van der Waals surface area contributed by atoms with Gasteiger partial charge in [0.25, 0.3) is 11.8 Å². The summed E-state index contributed by atoms with van der Waals surface area (Å²) in [6, 6.07) is 5.09. The molecule has 7 heteroatoms. The first-order valence-corrected chi connectivity index (χ1v) is 8.15. The van der Waals surface area contributed by atoms with Gasteiger partial charge in [0.2, 0.25) is 5.91 Å². The van der Waals surface area contributed by atoms with Crippen molar-refractivity contribution in [3.8, 4) is 0 Å². The second-order valence-corrected chi connectivity index (χ2v) is 7.16. The van der Waals surface area contributed by atoms with Gasteiger partial charge in [0, 0.05) is 12.1 Å². The van der Waals surface area contributed by atoms with Crippen molar-refractivity contribution in [2.45, 2.75) is 39.7 Å². The molecule has 138 valence electrons. The summed E-state index contributed by atoms with van der Waals surface area (Å²) < 4.78 is 0. The van der Waals surface area contributed by atoms with Crippen LogP contribution in [0.5, 0.6) is 0 Å². The fourth-order valence-corrected chi connectivity index (χ4v) is 3.15. The smallest absolute Gasteiger partial charge is 0.262 e. The Hall–Kier alpha value is -1.92. The number of hydrogen-bond donors (Lipinski definition) is 2. The average Bonchev–Trinajstić information content (AvgIpc) is 2.71. The molecule has 1 aliphatic rings. The third-order valence-corrected chi connectivity index (χ3v) is 4.18. The zero-order chi connectivity index (χ0) is 18.1. The third-order valence-electron chi connectivity index (χ3n) is 4.18. The van der Waals surface area contributed by atoms with Crippen LogP contribution in [0.2, 0.25) is 0 Å². The number of rotatable bonds is 6. The van der Waals surface area contributed by atoms with Gasteiger partial charge in [-0.2, -0.15) is 0 Å². The van der Waals surface area contributed by atoms with Crippen LogP contribution in [-0.4, -0.2) is 41.2 Å². The second-order valence-electron chi connectivity index (χ2n) is 7.16. The average molecular weight is 368 g/mol. The van der Waals surface area contributed by atoms with Crippen molar-refractivity contribution in [2.75, 3.05) is 13.1 Å². The fraction of sp³-hybridized carbons (Fsp3) is 0.500. The monoisotopic (exact) mass is 367 g/mol. The molecule has 0 radical (unpaired) electrons. The molecule has 1 atom stereocenters. The molecule has 0 aliphatic carbocycles. The highest BCUT2D eigenvalue weighted by atomic mass is 35.5. The van der Waals surface area contributed by atoms with Gasteiger partial charge in [0.15, 0.2) is 0 Å². The molecule has 25 heavy (non-hydrogen) atoms. The number of fused-ring (bicyclic) bond motifs is 1. The van der Waals surface area contributed by atoms with E-state index in [1.54, 1.807) is 18.2 Å². The topological polar surface area (TPSA) is 92.5 Å². The molecule has 1 aromatic rings. The molecule has 3 amide bonds. The summed E-state index contributed by atoms with van der Waals surface area (Å²) >= 11 is 0. The Morgan fingerprint density at radius 1 is 1.24 bits per heavy atom. The van der Waals surface area contributed by atoms with Crippen molar-refractivity contribution in [2.24, 2.45) is 11.7 Å². The summed E-state index contributed by atoms with van der Waals surface area (Å²) in [7, 11) is 0. The third kappa shape index (κ3) is 4.58. The fourth-order valence-electron chi connectivity index (χ4n) is 3.15. The quantitative estimate of drug-likeness (QED) is 0.751. The SMILES string of the molecule is Cc1ccc2c(c1)C(=O)N(CC(=O)NC(C)(CN)CC(C)C)C2=O.Cl. The second kappa shape index (κ2) is 7.97. The Morgan fingerprint density at radius 3 is 2.40 bits per heavy atom. The predicted molar refractivity (Wildman–Crippen MR) is 98.9 cm³/mol. The molecule has 1 unspecified atom stereocenters. The van der Waals surface area contributed by atoms with Gasteiger partial charge in [-0.1, -0.05) is 25.5 Å². The number of benzene rings is 1. The van der Waals surface area contributed by atoms with Gasteiger partial charge in [-0.15, -0.1) is 12.4 Å². The number of aryl methyl sites for hydroxylation is 1. The van der Waals surface area contributed by atoms with Crippen molar-refractivity contribution in [1.29, 1.82) is 0 Å². The lowest BCUT2D eigenvalue weighted by molar-refractivity contribution is -0.123. The molecule has 1 aromatic carbocycles. The van der Waals surface area contributed by atoms with Gasteiger partial charge < -0.3 is 11.1 Å². The highest BCUT2D eigenvalue weighted by molar-refractivity contribution is 6.22. The molecular formula is C18H26ClN3O3. The first-order valence-electron chi connectivity index (χ1n) is 8.15. The minimum absolute atomic E-state index is 0. The normalized spacial score (nSPS) is 15.7. The maximum absolute atomic E-state index is 12.4. The van der Waals surface area contributed by atoms with Crippen LogP contribution in [0.4, 0.5) is 0 Å². The van der Waals surface area contributed by atoms with E-state index in [0.29, 0.717) is 17.0 Å². The van der Waals surface area contributed by atoms with Crippen LogP contribution in [0.25, 0.3) is 0 Å². The van der Waals surface area contributed by atoms with Crippen LogP contribution in [0.15, 0.2) is 18.2 Å². The van der Waals surface area contributed by atoms with E-state index in [4.69, 9.17) is 5.73 Å². The predicted octanol–water partition coefficient (Wildman–Crippen LogP) is 1.89. The summed E-state index contributed by atoms with van der Waals surface area (Å²) in [5.41, 5.74) is 6.84. The Morgan fingerprint density at radius 2 is 1.84 bits per heavy atom. The summed E-state index contributed by atoms with van der Waals surface area (Å²) in [6.45, 7) is 7.82. The molecule has 1 heterocycles. The molecule has 0 fully saturated rings. The summed E-state index contributed by atoms with van der Waals surface area (Å²) in [5.74, 6) is -0.869. The molecule has 0 spiro atoms. The number of amides is 3. The summed E-state index contributed by atoms with van der Waals surface area (Å²) in [6.07, 6.45) is 0.719. The molecule has 0 saturated carbocycles. The lowest BCUT2D eigenvalue weighted by Gasteiger charge is -2.31. The molecule has 6 nitrogen and oxygen atoms in total. The Balaban J connectivity index is 0.00000312. The lowest BCUT2D eigenvalue weighted by Crippen LogP contribution is -2.54. The van der Waals surface area contributed by atoms with Gasteiger partial charge in [-0.05, 0) is 38.3 Å². The number of nitrogens with one attached hydrogen (secondary N) is 1. The number of nitrogens with two attached hydrogens (primary N) is 1. The Kier molecular flexibility index (Phi) is 6.74. The number of carbonyl (C=O) groups is 3. The largest absolute Gasteiger partial charge is 0.348 e. The van der Waals surface area contributed by atoms with Crippen LogP contribution in [0, 0.1) is 12.8 Å². The van der Waals surface area contributed by atoms with Gasteiger partial charge in [0.05, 0.1) is 11.1 Å². The van der Waals surface area contributed by atoms with Gasteiger partial charge >= 0.3 is 0 Å². The van der Waals surface area contributed by atoms with Crippen LogP contribution in [0.3, 0.4) is 0 Å². The van der Waals surface area contributed by atoms with E-state index in [1.165, 1.54) is 0 Å². The van der Waals surface area contributed by atoms with E-state index in [0.717, 1.165) is 16.9 Å². The van der Waals surface area contributed by atoms with E-state index in [1.807, 2.05) is 27.7 Å². The van der Waals surface area contributed by atoms with Crippen molar-refractivity contribution < 1.29 is 14.4 Å².